The van der Waals surface area contributed by atoms with Gasteiger partial charge in [-0.05, 0) is 28.7 Å². The molecular formula is C12H11IN2O2. The minimum Gasteiger partial charge on any atom is -0.506 e. The van der Waals surface area contributed by atoms with Gasteiger partial charge in [0, 0.05) is 23.2 Å². The van der Waals surface area contributed by atoms with E-state index in [2.05, 4.69) is 0 Å². The first-order valence-electron chi connectivity index (χ1n) is 4.79. The van der Waals surface area contributed by atoms with E-state index in [-0.39, 0.29) is 11.3 Å². The van der Waals surface area contributed by atoms with Crippen molar-refractivity contribution in [2.75, 3.05) is 14.1 Å². The highest BCUT2D eigenvalue weighted by Gasteiger charge is 2.19. The number of rotatable bonds is 2. The van der Waals surface area contributed by atoms with Crippen LogP contribution < -0.4 is 0 Å². The lowest BCUT2D eigenvalue weighted by molar-refractivity contribution is -0.124. The van der Waals surface area contributed by atoms with Crippen molar-refractivity contribution in [3.63, 3.8) is 0 Å². The molecule has 0 bridgehead atoms. The summed E-state index contributed by atoms with van der Waals surface area (Å²) in [5.41, 5.74) is 0.235. The van der Waals surface area contributed by atoms with Crippen molar-refractivity contribution in [3.05, 3.63) is 39.0 Å². The highest BCUT2D eigenvalue weighted by Crippen LogP contribution is 2.22. The minimum atomic E-state index is -0.510. The zero-order chi connectivity index (χ0) is 13.0. The molecule has 1 rings (SSSR count). The largest absolute Gasteiger partial charge is 0.506 e. The Hall–Kier alpha value is -1.55. The molecule has 0 aromatic heterocycles. The maximum atomic E-state index is 11.7. The zero-order valence-electron chi connectivity index (χ0n) is 9.44. The molecule has 0 radical (unpaired) electrons. The summed E-state index contributed by atoms with van der Waals surface area (Å²) in [6.07, 6.45) is 0. The molecule has 0 heterocycles. The van der Waals surface area contributed by atoms with E-state index >= 15 is 0 Å². The first-order valence-corrected chi connectivity index (χ1v) is 5.86. The average Bonchev–Trinajstić information content (AvgIpc) is 2.30. The number of amides is 1. The van der Waals surface area contributed by atoms with E-state index in [9.17, 15) is 9.90 Å². The highest BCUT2D eigenvalue weighted by molar-refractivity contribution is 14.1. The standard InChI is InChI=1S/C12H11IN2O2/c1-15(2)12(17)9(7-14)11(16)8-5-3-4-6-10(8)13/h3-6,16H,1-2H3/b11-9-. The van der Waals surface area contributed by atoms with Gasteiger partial charge in [0.2, 0.25) is 0 Å². The number of halogens is 1. The van der Waals surface area contributed by atoms with E-state index in [1.807, 2.05) is 28.7 Å². The van der Waals surface area contributed by atoms with Gasteiger partial charge >= 0.3 is 0 Å². The molecule has 0 atom stereocenters. The van der Waals surface area contributed by atoms with E-state index < -0.39 is 5.91 Å². The summed E-state index contributed by atoms with van der Waals surface area (Å²) in [5, 5.41) is 18.9. The van der Waals surface area contributed by atoms with Crippen LogP contribution in [-0.2, 0) is 4.79 Å². The van der Waals surface area contributed by atoms with Gasteiger partial charge in [0.05, 0.1) is 0 Å². The smallest absolute Gasteiger partial charge is 0.267 e. The van der Waals surface area contributed by atoms with Crippen LogP contribution in [0.4, 0.5) is 0 Å². The SMILES string of the molecule is CN(C)C(=O)/C(C#N)=C(\O)c1ccccc1I. The van der Waals surface area contributed by atoms with Crippen LogP contribution in [-0.4, -0.2) is 30.0 Å². The van der Waals surface area contributed by atoms with Gasteiger partial charge in [0.1, 0.15) is 11.8 Å². The summed E-state index contributed by atoms with van der Waals surface area (Å²) in [6.45, 7) is 0. The molecule has 4 nitrogen and oxygen atoms in total. The number of hydrogen-bond acceptors (Lipinski definition) is 3. The summed E-state index contributed by atoms with van der Waals surface area (Å²) >= 11 is 2.04. The fourth-order valence-electron chi connectivity index (χ4n) is 1.21. The molecule has 0 aliphatic carbocycles. The summed E-state index contributed by atoms with van der Waals surface area (Å²) in [4.78, 5) is 12.9. The van der Waals surface area contributed by atoms with Gasteiger partial charge in [-0.15, -0.1) is 0 Å². The first kappa shape index (κ1) is 13.5. The van der Waals surface area contributed by atoms with Gasteiger partial charge in [-0.2, -0.15) is 5.26 Å². The fraction of sp³-hybridized carbons (Fsp3) is 0.167. The zero-order valence-corrected chi connectivity index (χ0v) is 11.6. The Morgan fingerprint density at radius 1 is 1.41 bits per heavy atom. The van der Waals surface area contributed by atoms with Crippen molar-refractivity contribution >= 4 is 34.3 Å². The molecule has 1 amide bonds. The summed E-state index contributed by atoms with van der Waals surface area (Å²) in [6, 6.07) is 8.76. The molecule has 0 fully saturated rings. The maximum Gasteiger partial charge on any atom is 0.267 e. The third-order valence-electron chi connectivity index (χ3n) is 2.10. The van der Waals surface area contributed by atoms with Crippen molar-refractivity contribution in [1.82, 2.24) is 4.90 Å². The van der Waals surface area contributed by atoms with Crippen LogP contribution in [0.3, 0.4) is 0 Å². The molecule has 17 heavy (non-hydrogen) atoms. The molecule has 0 saturated carbocycles. The third-order valence-corrected chi connectivity index (χ3v) is 3.04. The van der Waals surface area contributed by atoms with Gasteiger partial charge in [-0.25, -0.2) is 0 Å². The van der Waals surface area contributed by atoms with Crippen LogP contribution in [0.25, 0.3) is 5.76 Å². The van der Waals surface area contributed by atoms with E-state index in [1.54, 1.807) is 24.3 Å². The number of hydrogen-bond donors (Lipinski definition) is 1. The lowest BCUT2D eigenvalue weighted by Crippen LogP contribution is -2.23. The van der Waals surface area contributed by atoms with Crippen LogP contribution in [0, 0.1) is 14.9 Å². The first-order chi connectivity index (χ1) is 7.99. The number of nitriles is 1. The van der Waals surface area contributed by atoms with Crippen LogP contribution >= 0.6 is 22.6 Å². The number of likely N-dealkylation sites (N-methyl/N-ethyl adjacent to an activating group) is 1. The topological polar surface area (TPSA) is 64.3 Å². The van der Waals surface area contributed by atoms with Gasteiger partial charge in [0.25, 0.3) is 5.91 Å². The van der Waals surface area contributed by atoms with Crippen molar-refractivity contribution < 1.29 is 9.90 Å². The Balaban J connectivity index is 3.34. The monoisotopic (exact) mass is 342 g/mol. The van der Waals surface area contributed by atoms with Crippen LogP contribution in [0.2, 0.25) is 0 Å². The van der Waals surface area contributed by atoms with Crippen LogP contribution in [0.1, 0.15) is 5.56 Å². The van der Waals surface area contributed by atoms with E-state index in [4.69, 9.17) is 5.26 Å². The van der Waals surface area contributed by atoms with E-state index in [0.29, 0.717) is 5.56 Å². The highest BCUT2D eigenvalue weighted by atomic mass is 127. The van der Waals surface area contributed by atoms with Crippen molar-refractivity contribution in [2.24, 2.45) is 0 Å². The van der Waals surface area contributed by atoms with Gasteiger partial charge in [-0.3, -0.25) is 4.79 Å². The number of nitrogens with zero attached hydrogens (tertiary/aromatic N) is 2. The summed E-state index contributed by atoms with van der Waals surface area (Å²) in [5.74, 6) is -0.791. The molecule has 1 N–H and O–H groups in total. The predicted molar refractivity (Wildman–Crippen MR) is 73.0 cm³/mol. The van der Waals surface area contributed by atoms with Gasteiger partial charge in [-0.1, -0.05) is 18.2 Å². The van der Waals surface area contributed by atoms with E-state index in [1.165, 1.54) is 19.0 Å². The lowest BCUT2D eigenvalue weighted by Gasteiger charge is -2.11. The summed E-state index contributed by atoms with van der Waals surface area (Å²) < 4.78 is 0.780. The molecule has 5 heteroatoms. The summed E-state index contributed by atoms with van der Waals surface area (Å²) in [7, 11) is 3.06. The molecule has 0 aliphatic rings. The Morgan fingerprint density at radius 3 is 2.47 bits per heavy atom. The normalized spacial score (nSPS) is 11.4. The second-order valence-corrected chi connectivity index (χ2v) is 4.68. The average molecular weight is 342 g/mol. The minimum absolute atomic E-state index is 0.251. The molecule has 0 saturated heterocycles. The second kappa shape index (κ2) is 5.68. The molecule has 0 unspecified atom stereocenters. The molecule has 0 spiro atoms. The molecule has 1 aromatic rings. The van der Waals surface area contributed by atoms with Crippen molar-refractivity contribution in [3.8, 4) is 6.07 Å². The molecule has 88 valence electrons. The predicted octanol–water partition coefficient (Wildman–Crippen LogP) is 2.17. The molecule has 0 aliphatic heterocycles. The van der Waals surface area contributed by atoms with E-state index in [0.717, 1.165) is 3.57 Å². The molecular weight excluding hydrogens is 331 g/mol. The fourth-order valence-corrected chi connectivity index (χ4v) is 1.86. The second-order valence-electron chi connectivity index (χ2n) is 3.51. The number of carbonyl (C=O) groups is 1. The number of benzene rings is 1. The Kier molecular flexibility index (Phi) is 4.52. The quantitative estimate of drug-likeness (QED) is 0.388. The van der Waals surface area contributed by atoms with Gasteiger partial charge < -0.3 is 10.0 Å². The Bertz CT molecular complexity index is 515. The maximum absolute atomic E-state index is 11.7. The van der Waals surface area contributed by atoms with Gasteiger partial charge in [0.15, 0.2) is 5.57 Å². The van der Waals surface area contributed by atoms with Crippen LogP contribution in [0.5, 0.6) is 0 Å². The van der Waals surface area contributed by atoms with Crippen LogP contribution in [0.15, 0.2) is 29.8 Å². The number of carbonyl (C=O) groups excluding carboxylic acids is 1. The number of aliphatic hydroxyl groups is 1. The van der Waals surface area contributed by atoms with Crippen molar-refractivity contribution in [1.29, 1.82) is 5.26 Å². The Labute approximate surface area is 113 Å². The van der Waals surface area contributed by atoms with Crippen molar-refractivity contribution in [2.45, 2.75) is 0 Å². The lowest BCUT2D eigenvalue weighted by atomic mass is 10.1. The number of aliphatic hydroxyl groups excluding tert-OH is 1. The Morgan fingerprint density at radius 2 is 2.00 bits per heavy atom. The third kappa shape index (κ3) is 2.97. The molecule has 1 aromatic carbocycles.